The van der Waals surface area contributed by atoms with Gasteiger partial charge in [0.25, 0.3) is 5.19 Å². The lowest BCUT2D eigenvalue weighted by molar-refractivity contribution is 0.310. The van der Waals surface area contributed by atoms with Gasteiger partial charge >= 0.3 is 0 Å². The Kier molecular flexibility index (Phi) is 4.02. The Morgan fingerprint density at radius 3 is 2.79 bits per heavy atom. The SMILES string of the molecule is COc1nn2cc(-c3cc4c(OCc5ccccc5)cc(C)cc4o3)nc2s1. The fourth-order valence-electron chi connectivity index (χ4n) is 3.10. The average molecular weight is 391 g/mol. The van der Waals surface area contributed by atoms with Crippen molar-refractivity contribution >= 4 is 27.3 Å². The lowest BCUT2D eigenvalue weighted by Gasteiger charge is -2.08. The number of nitrogens with zero attached hydrogens (tertiary/aromatic N) is 3. The molecule has 6 nitrogen and oxygen atoms in total. The Bertz CT molecular complexity index is 1240. The molecule has 3 aromatic heterocycles. The first-order valence-electron chi connectivity index (χ1n) is 8.81. The van der Waals surface area contributed by atoms with E-state index in [1.54, 1.807) is 11.6 Å². The Morgan fingerprint density at radius 1 is 1.14 bits per heavy atom. The molecule has 140 valence electrons. The second kappa shape index (κ2) is 6.69. The number of rotatable bonds is 5. The van der Waals surface area contributed by atoms with Crippen LogP contribution in [0.3, 0.4) is 0 Å². The maximum atomic E-state index is 6.10. The van der Waals surface area contributed by atoms with E-state index in [4.69, 9.17) is 13.9 Å². The third kappa shape index (κ3) is 2.99. The largest absolute Gasteiger partial charge is 0.488 e. The van der Waals surface area contributed by atoms with E-state index < -0.39 is 0 Å². The minimum absolute atomic E-state index is 0.504. The zero-order chi connectivity index (χ0) is 19.1. The topological polar surface area (TPSA) is 61.8 Å². The van der Waals surface area contributed by atoms with Crippen molar-refractivity contribution in [3.8, 4) is 22.4 Å². The van der Waals surface area contributed by atoms with Crippen LogP contribution in [-0.4, -0.2) is 21.7 Å². The Labute approximate surface area is 165 Å². The first-order chi connectivity index (χ1) is 13.7. The average Bonchev–Trinajstić information content (AvgIpc) is 3.39. The number of hydrogen-bond acceptors (Lipinski definition) is 6. The highest BCUT2D eigenvalue weighted by Crippen LogP contribution is 2.35. The summed E-state index contributed by atoms with van der Waals surface area (Å²) in [5.41, 5.74) is 3.70. The normalized spacial score (nSPS) is 11.4. The van der Waals surface area contributed by atoms with Crippen LogP contribution in [0.4, 0.5) is 0 Å². The van der Waals surface area contributed by atoms with Gasteiger partial charge in [0.05, 0.1) is 18.7 Å². The molecule has 0 amide bonds. The maximum absolute atomic E-state index is 6.10. The van der Waals surface area contributed by atoms with Crippen molar-refractivity contribution in [3.63, 3.8) is 0 Å². The van der Waals surface area contributed by atoms with Gasteiger partial charge in [-0.15, -0.1) is 5.10 Å². The molecule has 0 spiro atoms. The van der Waals surface area contributed by atoms with Gasteiger partial charge in [0, 0.05) is 0 Å². The van der Waals surface area contributed by atoms with E-state index in [1.807, 2.05) is 61.7 Å². The lowest BCUT2D eigenvalue weighted by Crippen LogP contribution is -1.95. The van der Waals surface area contributed by atoms with E-state index in [9.17, 15) is 0 Å². The zero-order valence-corrected chi connectivity index (χ0v) is 16.2. The second-order valence-corrected chi connectivity index (χ2v) is 7.40. The fraction of sp³-hybridized carbons (Fsp3) is 0.143. The van der Waals surface area contributed by atoms with Crippen LogP contribution in [0.2, 0.25) is 0 Å². The summed E-state index contributed by atoms with van der Waals surface area (Å²) in [5, 5.41) is 5.81. The third-order valence-corrected chi connectivity index (χ3v) is 5.32. The summed E-state index contributed by atoms with van der Waals surface area (Å²) >= 11 is 1.38. The summed E-state index contributed by atoms with van der Waals surface area (Å²) < 4.78 is 19.0. The van der Waals surface area contributed by atoms with Crippen molar-refractivity contribution in [3.05, 3.63) is 65.9 Å². The molecular formula is C21H17N3O3S. The van der Waals surface area contributed by atoms with Gasteiger partial charge < -0.3 is 13.9 Å². The molecule has 2 aromatic carbocycles. The molecule has 0 saturated heterocycles. The third-order valence-electron chi connectivity index (χ3n) is 4.43. The van der Waals surface area contributed by atoms with Gasteiger partial charge in [-0.05, 0) is 47.6 Å². The molecule has 5 aromatic rings. The summed E-state index contributed by atoms with van der Waals surface area (Å²) in [7, 11) is 1.59. The van der Waals surface area contributed by atoms with Crippen LogP contribution < -0.4 is 9.47 Å². The van der Waals surface area contributed by atoms with Crippen LogP contribution in [0.25, 0.3) is 27.4 Å². The predicted octanol–water partition coefficient (Wildman–Crippen LogP) is 5.10. The highest BCUT2D eigenvalue weighted by molar-refractivity contribution is 7.18. The Hall–Kier alpha value is -3.32. The Balaban J connectivity index is 1.51. The number of furan rings is 1. The minimum atomic E-state index is 0.504. The van der Waals surface area contributed by atoms with Gasteiger partial charge in [0.2, 0.25) is 4.96 Å². The zero-order valence-electron chi connectivity index (χ0n) is 15.4. The summed E-state index contributed by atoms with van der Waals surface area (Å²) in [5.74, 6) is 1.48. The van der Waals surface area contributed by atoms with Gasteiger partial charge in [-0.25, -0.2) is 9.50 Å². The van der Waals surface area contributed by atoms with Crippen LogP contribution in [0.15, 0.2) is 59.1 Å². The van der Waals surface area contributed by atoms with Crippen molar-refractivity contribution < 1.29 is 13.9 Å². The van der Waals surface area contributed by atoms with Crippen LogP contribution in [0.1, 0.15) is 11.1 Å². The molecule has 0 bridgehead atoms. The molecule has 0 fully saturated rings. The molecule has 0 radical (unpaired) electrons. The maximum Gasteiger partial charge on any atom is 0.294 e. The Morgan fingerprint density at radius 2 is 2.00 bits per heavy atom. The summed E-state index contributed by atoms with van der Waals surface area (Å²) in [4.78, 5) is 5.35. The van der Waals surface area contributed by atoms with Crippen molar-refractivity contribution in [2.75, 3.05) is 7.11 Å². The van der Waals surface area contributed by atoms with Crippen LogP contribution >= 0.6 is 11.3 Å². The highest BCUT2D eigenvalue weighted by atomic mass is 32.1. The minimum Gasteiger partial charge on any atom is -0.488 e. The van der Waals surface area contributed by atoms with E-state index in [0.29, 0.717) is 17.6 Å². The smallest absolute Gasteiger partial charge is 0.294 e. The van der Waals surface area contributed by atoms with E-state index in [2.05, 4.69) is 10.1 Å². The first kappa shape index (κ1) is 16.8. The quantitative estimate of drug-likeness (QED) is 0.417. The van der Waals surface area contributed by atoms with Gasteiger partial charge in [-0.1, -0.05) is 30.3 Å². The standard InChI is InChI=1S/C21H17N3O3S/c1-13-8-17(26-12-14-6-4-3-5-7-14)15-10-19(27-18(15)9-13)16-11-24-20(22-16)28-21(23-24)25-2/h3-11H,12H2,1-2H3. The number of fused-ring (bicyclic) bond motifs is 2. The van der Waals surface area contributed by atoms with Crippen LogP contribution in [0.5, 0.6) is 10.9 Å². The van der Waals surface area contributed by atoms with Gasteiger partial charge in [0.1, 0.15) is 23.6 Å². The molecule has 0 unspecified atom stereocenters. The van der Waals surface area contributed by atoms with Crippen molar-refractivity contribution in [2.45, 2.75) is 13.5 Å². The van der Waals surface area contributed by atoms with Crippen molar-refractivity contribution in [2.24, 2.45) is 0 Å². The second-order valence-electron chi connectivity index (χ2n) is 6.49. The van der Waals surface area contributed by atoms with Crippen molar-refractivity contribution in [1.82, 2.24) is 14.6 Å². The van der Waals surface area contributed by atoms with Crippen molar-refractivity contribution in [1.29, 1.82) is 0 Å². The van der Waals surface area contributed by atoms with E-state index >= 15 is 0 Å². The molecule has 0 aliphatic rings. The lowest BCUT2D eigenvalue weighted by atomic mass is 10.1. The summed E-state index contributed by atoms with van der Waals surface area (Å²) in [6.45, 7) is 2.53. The molecule has 28 heavy (non-hydrogen) atoms. The molecular weight excluding hydrogens is 374 g/mol. The summed E-state index contributed by atoms with van der Waals surface area (Å²) in [6, 6.07) is 16.1. The van der Waals surface area contributed by atoms with Crippen LogP contribution in [0, 0.1) is 6.92 Å². The molecule has 7 heteroatoms. The summed E-state index contributed by atoms with van der Waals surface area (Å²) in [6.07, 6.45) is 1.84. The molecule has 0 N–H and O–H groups in total. The first-order valence-corrected chi connectivity index (χ1v) is 9.63. The highest BCUT2D eigenvalue weighted by Gasteiger charge is 2.16. The van der Waals surface area contributed by atoms with Gasteiger partial charge in [0.15, 0.2) is 5.76 Å². The predicted molar refractivity (Wildman–Crippen MR) is 108 cm³/mol. The van der Waals surface area contributed by atoms with E-state index in [1.165, 1.54) is 11.3 Å². The van der Waals surface area contributed by atoms with E-state index in [-0.39, 0.29) is 0 Å². The number of aromatic nitrogens is 3. The number of methoxy groups -OCH3 is 1. The number of hydrogen-bond donors (Lipinski definition) is 0. The number of imidazole rings is 1. The number of ether oxygens (including phenoxy) is 2. The number of aryl methyl sites for hydroxylation is 1. The molecule has 0 saturated carbocycles. The van der Waals surface area contributed by atoms with Gasteiger partial charge in [-0.2, -0.15) is 0 Å². The molecule has 0 aliphatic heterocycles. The molecule has 0 aliphatic carbocycles. The van der Waals surface area contributed by atoms with E-state index in [0.717, 1.165) is 38.5 Å². The van der Waals surface area contributed by atoms with Crippen LogP contribution in [-0.2, 0) is 6.61 Å². The van der Waals surface area contributed by atoms with Gasteiger partial charge in [-0.3, -0.25) is 0 Å². The monoisotopic (exact) mass is 391 g/mol. The number of benzene rings is 2. The molecule has 0 atom stereocenters. The molecule has 3 heterocycles. The fourth-order valence-corrected chi connectivity index (χ4v) is 3.80. The molecule has 5 rings (SSSR count).